The van der Waals surface area contributed by atoms with Gasteiger partial charge in [0.15, 0.2) is 0 Å². The number of hydrogen-bond acceptors (Lipinski definition) is 3. The molecule has 0 aromatic carbocycles. The summed E-state index contributed by atoms with van der Waals surface area (Å²) < 4.78 is 5.51. The summed E-state index contributed by atoms with van der Waals surface area (Å²) in [6.45, 7) is 3.01. The molecule has 86 valence electrons. The van der Waals surface area contributed by atoms with Gasteiger partial charge in [0.1, 0.15) is 0 Å². The summed E-state index contributed by atoms with van der Waals surface area (Å²) in [5.74, 6) is 2.02. The highest BCUT2D eigenvalue weighted by atomic mass is 16.5. The minimum Gasteiger partial charge on any atom is -0.394 e. The van der Waals surface area contributed by atoms with Crippen LogP contribution in [0.1, 0.15) is 25.7 Å². The molecule has 2 aliphatic carbocycles. The minimum absolute atomic E-state index is 0.0675. The van der Waals surface area contributed by atoms with Crippen molar-refractivity contribution in [2.75, 3.05) is 26.3 Å². The zero-order valence-corrected chi connectivity index (χ0v) is 9.27. The largest absolute Gasteiger partial charge is 0.394 e. The minimum atomic E-state index is 0.0675. The van der Waals surface area contributed by atoms with Gasteiger partial charge in [-0.3, -0.25) is 4.90 Å². The fraction of sp³-hybridized carbons (Fsp3) is 1.00. The van der Waals surface area contributed by atoms with Crippen LogP contribution in [0, 0.1) is 11.8 Å². The zero-order chi connectivity index (χ0) is 10.3. The molecule has 3 nitrogen and oxygen atoms in total. The van der Waals surface area contributed by atoms with Gasteiger partial charge in [-0.05, 0) is 24.7 Å². The number of ether oxygens (including phenoxy) is 1. The molecule has 0 aromatic heterocycles. The summed E-state index contributed by atoms with van der Waals surface area (Å²) in [5.41, 5.74) is 0. The second-order valence-corrected chi connectivity index (χ2v) is 5.33. The van der Waals surface area contributed by atoms with Crippen LogP contribution < -0.4 is 0 Å². The summed E-state index contributed by atoms with van der Waals surface area (Å²) in [4.78, 5) is 2.58. The number of hydrogen-bond donors (Lipinski definition) is 1. The second-order valence-electron chi connectivity index (χ2n) is 5.33. The lowest BCUT2D eigenvalue weighted by Gasteiger charge is -2.39. The molecule has 1 heterocycles. The molecule has 4 atom stereocenters. The SMILES string of the molecule is OCC1CN(C2CCCC3CC32)CCO1. The quantitative estimate of drug-likeness (QED) is 0.735. The van der Waals surface area contributed by atoms with Gasteiger partial charge in [0.2, 0.25) is 0 Å². The zero-order valence-electron chi connectivity index (χ0n) is 9.27. The Morgan fingerprint density at radius 2 is 2.27 bits per heavy atom. The van der Waals surface area contributed by atoms with E-state index in [1.165, 1.54) is 25.7 Å². The summed E-state index contributed by atoms with van der Waals surface area (Å²) in [6, 6.07) is 0.807. The lowest BCUT2D eigenvalue weighted by atomic mass is 9.93. The monoisotopic (exact) mass is 211 g/mol. The van der Waals surface area contributed by atoms with Crippen molar-refractivity contribution in [2.45, 2.75) is 37.8 Å². The van der Waals surface area contributed by atoms with E-state index in [1.807, 2.05) is 0 Å². The van der Waals surface area contributed by atoms with Crippen LogP contribution in [-0.2, 0) is 4.74 Å². The summed E-state index contributed by atoms with van der Waals surface area (Å²) >= 11 is 0. The molecule has 0 aromatic rings. The Bertz CT molecular complexity index is 234. The maximum absolute atomic E-state index is 9.13. The molecule has 1 N–H and O–H groups in total. The Balaban J connectivity index is 1.61. The summed E-state index contributed by atoms with van der Waals surface area (Å²) in [6.07, 6.45) is 5.78. The van der Waals surface area contributed by atoms with Crippen molar-refractivity contribution >= 4 is 0 Å². The Labute approximate surface area is 91.4 Å². The van der Waals surface area contributed by atoms with Crippen molar-refractivity contribution in [3.05, 3.63) is 0 Å². The molecule has 15 heavy (non-hydrogen) atoms. The van der Waals surface area contributed by atoms with E-state index in [9.17, 15) is 0 Å². The summed E-state index contributed by atoms with van der Waals surface area (Å²) in [7, 11) is 0. The first-order valence-electron chi connectivity index (χ1n) is 6.35. The maximum atomic E-state index is 9.13. The van der Waals surface area contributed by atoms with Crippen LogP contribution >= 0.6 is 0 Å². The number of rotatable bonds is 2. The van der Waals surface area contributed by atoms with Crippen LogP contribution in [0.4, 0.5) is 0 Å². The Kier molecular flexibility index (Phi) is 2.71. The molecule has 3 fully saturated rings. The molecule has 0 spiro atoms. The van der Waals surface area contributed by atoms with E-state index in [4.69, 9.17) is 9.84 Å². The van der Waals surface area contributed by atoms with E-state index < -0.39 is 0 Å². The van der Waals surface area contributed by atoms with Crippen LogP contribution in [-0.4, -0.2) is 48.5 Å². The predicted octanol–water partition coefficient (Wildman–Crippen LogP) is 0.868. The van der Waals surface area contributed by atoms with Crippen molar-refractivity contribution < 1.29 is 9.84 Å². The van der Waals surface area contributed by atoms with Gasteiger partial charge >= 0.3 is 0 Å². The van der Waals surface area contributed by atoms with Gasteiger partial charge in [-0.2, -0.15) is 0 Å². The van der Waals surface area contributed by atoms with Crippen LogP contribution in [0.5, 0.6) is 0 Å². The molecular formula is C12H21NO2. The molecule has 1 saturated heterocycles. The average Bonchev–Trinajstić information content (AvgIpc) is 3.07. The van der Waals surface area contributed by atoms with E-state index in [0.717, 1.165) is 37.6 Å². The van der Waals surface area contributed by atoms with Gasteiger partial charge in [0.25, 0.3) is 0 Å². The predicted molar refractivity (Wildman–Crippen MR) is 57.6 cm³/mol. The highest BCUT2D eigenvalue weighted by Gasteiger charge is 2.47. The van der Waals surface area contributed by atoms with Gasteiger partial charge in [-0.25, -0.2) is 0 Å². The molecule has 3 aliphatic rings. The standard InChI is InChI=1S/C12H21NO2/c14-8-10-7-13(4-5-15-10)12-3-1-2-9-6-11(9)12/h9-12,14H,1-8H2. The second kappa shape index (κ2) is 4.04. The van der Waals surface area contributed by atoms with Gasteiger partial charge < -0.3 is 9.84 Å². The average molecular weight is 211 g/mol. The first-order valence-corrected chi connectivity index (χ1v) is 6.35. The molecular weight excluding hydrogens is 190 g/mol. The molecule has 3 heteroatoms. The van der Waals surface area contributed by atoms with E-state index in [0.29, 0.717) is 0 Å². The number of nitrogens with zero attached hydrogens (tertiary/aromatic N) is 1. The fourth-order valence-corrected chi connectivity index (χ4v) is 3.48. The molecule has 1 aliphatic heterocycles. The highest BCUT2D eigenvalue weighted by Crippen LogP contribution is 2.51. The van der Waals surface area contributed by atoms with Crippen molar-refractivity contribution in [1.29, 1.82) is 0 Å². The third-order valence-electron chi connectivity index (χ3n) is 4.39. The molecule has 0 amide bonds. The number of morpholine rings is 1. The van der Waals surface area contributed by atoms with Crippen LogP contribution in [0.3, 0.4) is 0 Å². The van der Waals surface area contributed by atoms with Gasteiger partial charge in [-0.15, -0.1) is 0 Å². The Morgan fingerprint density at radius 3 is 3.13 bits per heavy atom. The topological polar surface area (TPSA) is 32.7 Å². The third-order valence-corrected chi connectivity index (χ3v) is 4.39. The highest BCUT2D eigenvalue weighted by molar-refractivity contribution is 5.00. The number of aliphatic hydroxyl groups is 1. The van der Waals surface area contributed by atoms with Crippen LogP contribution in [0.2, 0.25) is 0 Å². The molecule has 2 saturated carbocycles. The van der Waals surface area contributed by atoms with E-state index in [-0.39, 0.29) is 12.7 Å². The lowest BCUT2D eigenvalue weighted by Crippen LogP contribution is -2.50. The fourth-order valence-electron chi connectivity index (χ4n) is 3.48. The normalized spacial score (nSPS) is 46.2. The number of fused-ring (bicyclic) bond motifs is 1. The van der Waals surface area contributed by atoms with E-state index in [2.05, 4.69) is 4.90 Å². The van der Waals surface area contributed by atoms with E-state index in [1.54, 1.807) is 0 Å². The summed E-state index contributed by atoms with van der Waals surface area (Å²) in [5, 5.41) is 9.13. The first kappa shape index (κ1) is 10.1. The van der Waals surface area contributed by atoms with E-state index >= 15 is 0 Å². The number of aliphatic hydroxyl groups excluding tert-OH is 1. The van der Waals surface area contributed by atoms with Crippen LogP contribution in [0.25, 0.3) is 0 Å². The van der Waals surface area contributed by atoms with Gasteiger partial charge in [0.05, 0.1) is 19.3 Å². The third kappa shape index (κ3) is 1.93. The molecule has 0 bridgehead atoms. The Morgan fingerprint density at radius 1 is 1.33 bits per heavy atom. The smallest absolute Gasteiger partial charge is 0.0932 e. The molecule has 3 rings (SSSR count). The van der Waals surface area contributed by atoms with Gasteiger partial charge in [-0.1, -0.05) is 12.8 Å². The van der Waals surface area contributed by atoms with Crippen molar-refractivity contribution in [2.24, 2.45) is 11.8 Å². The maximum Gasteiger partial charge on any atom is 0.0932 e. The van der Waals surface area contributed by atoms with Crippen molar-refractivity contribution in [3.8, 4) is 0 Å². The molecule has 4 unspecified atom stereocenters. The van der Waals surface area contributed by atoms with Crippen molar-refractivity contribution in [3.63, 3.8) is 0 Å². The lowest BCUT2D eigenvalue weighted by molar-refractivity contribution is -0.0705. The van der Waals surface area contributed by atoms with Crippen molar-refractivity contribution in [1.82, 2.24) is 4.90 Å². The molecule has 0 radical (unpaired) electrons. The Hall–Kier alpha value is -0.120. The first-order chi connectivity index (χ1) is 7.38. The van der Waals surface area contributed by atoms with Crippen LogP contribution in [0.15, 0.2) is 0 Å². The van der Waals surface area contributed by atoms with Gasteiger partial charge in [0, 0.05) is 19.1 Å².